The number of hydrogen-bond acceptors (Lipinski definition) is 8. The minimum atomic E-state index is -0.512. The molecule has 12 heteroatoms. The number of halogens is 1. The van der Waals surface area contributed by atoms with Gasteiger partial charge < -0.3 is 14.4 Å². The van der Waals surface area contributed by atoms with Crippen molar-refractivity contribution in [2.75, 3.05) is 26.7 Å². The Morgan fingerprint density at radius 1 is 1.17 bits per heavy atom. The average molecular weight is 576 g/mol. The van der Waals surface area contributed by atoms with E-state index in [1.54, 1.807) is 35.2 Å². The number of nitrogens with zero attached hydrogens (tertiary/aromatic N) is 3. The number of nitro benzene ring substituents is 1. The van der Waals surface area contributed by atoms with Gasteiger partial charge in [0, 0.05) is 29.7 Å². The maximum absolute atomic E-state index is 12.9. The van der Waals surface area contributed by atoms with E-state index in [1.807, 2.05) is 0 Å². The molecule has 2 saturated heterocycles. The topological polar surface area (TPSA) is 119 Å². The first-order valence-electron chi connectivity index (χ1n) is 11.0. The molecule has 0 N–H and O–H groups in total. The van der Waals surface area contributed by atoms with E-state index in [9.17, 15) is 24.5 Å². The molecule has 2 fully saturated rings. The fourth-order valence-electron chi connectivity index (χ4n) is 3.79. The molecular formula is C24H22BrN3O7S. The van der Waals surface area contributed by atoms with Gasteiger partial charge in [-0.1, -0.05) is 15.9 Å². The van der Waals surface area contributed by atoms with Gasteiger partial charge in [0.1, 0.15) is 13.2 Å². The van der Waals surface area contributed by atoms with E-state index in [4.69, 9.17) is 9.47 Å². The molecule has 0 aromatic heterocycles. The maximum atomic E-state index is 12.9. The van der Waals surface area contributed by atoms with Crippen molar-refractivity contribution in [3.05, 3.63) is 67.0 Å². The van der Waals surface area contributed by atoms with Gasteiger partial charge in [0.05, 0.1) is 16.9 Å². The standard InChI is InChI=1S/C24H22BrN3O7S/c1-34-19-10-16(18(25)12-20(19)35-14-15-4-6-17(7-5-15)28(32)33)11-21-23(30)27(24(31)36-21)13-22(29)26-8-2-3-9-26/h4-7,10-12H,2-3,8-9,13-14H2,1H3/b21-11+. The summed E-state index contributed by atoms with van der Waals surface area (Å²) in [5, 5.41) is 10.3. The molecule has 2 aliphatic rings. The fraction of sp³-hybridized carbons (Fsp3) is 0.292. The molecule has 2 aromatic carbocycles. The van der Waals surface area contributed by atoms with Crippen molar-refractivity contribution in [2.45, 2.75) is 19.4 Å². The summed E-state index contributed by atoms with van der Waals surface area (Å²) in [6.07, 6.45) is 3.42. The number of thioether (sulfide) groups is 1. The number of ether oxygens (including phenoxy) is 2. The lowest BCUT2D eigenvalue weighted by atomic mass is 10.1. The SMILES string of the molecule is COc1cc(/C=C2/SC(=O)N(CC(=O)N3CCCC3)C2=O)c(Br)cc1OCc1ccc([N+](=O)[O-])cc1. The Labute approximate surface area is 219 Å². The highest BCUT2D eigenvalue weighted by molar-refractivity contribution is 9.10. The third kappa shape index (κ3) is 5.71. The van der Waals surface area contributed by atoms with Gasteiger partial charge in [-0.05, 0) is 66.1 Å². The second-order valence-electron chi connectivity index (χ2n) is 8.09. The lowest BCUT2D eigenvalue weighted by molar-refractivity contribution is -0.384. The van der Waals surface area contributed by atoms with Gasteiger partial charge in [-0.2, -0.15) is 0 Å². The number of benzene rings is 2. The summed E-state index contributed by atoms with van der Waals surface area (Å²) in [7, 11) is 1.48. The van der Waals surface area contributed by atoms with Gasteiger partial charge >= 0.3 is 0 Å². The van der Waals surface area contributed by atoms with Crippen LogP contribution < -0.4 is 9.47 Å². The summed E-state index contributed by atoms with van der Waals surface area (Å²) in [4.78, 5) is 50.9. The van der Waals surface area contributed by atoms with E-state index in [-0.39, 0.29) is 29.7 Å². The molecule has 4 rings (SSSR count). The number of nitro groups is 1. The molecule has 2 aliphatic heterocycles. The van der Waals surface area contributed by atoms with Crippen LogP contribution >= 0.6 is 27.7 Å². The number of hydrogen-bond donors (Lipinski definition) is 0. The van der Waals surface area contributed by atoms with Crippen molar-refractivity contribution in [1.29, 1.82) is 0 Å². The molecule has 0 spiro atoms. The zero-order valence-corrected chi connectivity index (χ0v) is 21.7. The number of likely N-dealkylation sites (tertiary alicyclic amines) is 1. The molecule has 0 bridgehead atoms. The van der Waals surface area contributed by atoms with Gasteiger partial charge in [-0.15, -0.1) is 0 Å². The van der Waals surface area contributed by atoms with Crippen molar-refractivity contribution in [1.82, 2.24) is 9.80 Å². The number of methoxy groups -OCH3 is 1. The molecular weight excluding hydrogens is 554 g/mol. The Hall–Kier alpha value is -3.38. The smallest absolute Gasteiger partial charge is 0.294 e. The van der Waals surface area contributed by atoms with E-state index >= 15 is 0 Å². The number of carbonyl (C=O) groups is 3. The van der Waals surface area contributed by atoms with Gasteiger partial charge in [-0.3, -0.25) is 29.4 Å². The third-order valence-electron chi connectivity index (χ3n) is 5.74. The zero-order chi connectivity index (χ0) is 25.8. The van der Waals surface area contributed by atoms with E-state index in [0.717, 1.165) is 35.1 Å². The zero-order valence-electron chi connectivity index (χ0n) is 19.3. The molecule has 10 nitrogen and oxygen atoms in total. The summed E-state index contributed by atoms with van der Waals surface area (Å²) in [6.45, 7) is 1.19. The largest absolute Gasteiger partial charge is 0.493 e. The molecule has 0 radical (unpaired) electrons. The highest BCUT2D eigenvalue weighted by Gasteiger charge is 2.37. The van der Waals surface area contributed by atoms with Crippen LogP contribution in [0.4, 0.5) is 10.5 Å². The molecule has 2 aromatic rings. The summed E-state index contributed by atoms with van der Waals surface area (Å²) in [5.41, 5.74) is 1.32. The number of rotatable bonds is 8. The Balaban J connectivity index is 1.47. The Morgan fingerprint density at radius 2 is 1.86 bits per heavy atom. The van der Waals surface area contributed by atoms with Gasteiger partial charge in [0.25, 0.3) is 16.8 Å². The molecule has 3 amide bonds. The minimum Gasteiger partial charge on any atom is -0.493 e. The first-order chi connectivity index (χ1) is 17.3. The summed E-state index contributed by atoms with van der Waals surface area (Å²) in [5.74, 6) is 0.0781. The summed E-state index contributed by atoms with van der Waals surface area (Å²) >= 11 is 4.25. The van der Waals surface area contributed by atoms with Crippen LogP contribution in [0.15, 0.2) is 45.8 Å². The van der Waals surface area contributed by atoms with Crippen LogP contribution in [0.3, 0.4) is 0 Å². The highest BCUT2D eigenvalue weighted by Crippen LogP contribution is 2.38. The third-order valence-corrected chi connectivity index (χ3v) is 7.33. The van der Waals surface area contributed by atoms with Crippen LogP contribution in [-0.4, -0.2) is 58.5 Å². The van der Waals surface area contributed by atoms with Crippen LogP contribution in [0.2, 0.25) is 0 Å². The lowest BCUT2D eigenvalue weighted by Crippen LogP contribution is -2.40. The Kier molecular flexibility index (Phi) is 7.94. The van der Waals surface area contributed by atoms with E-state index < -0.39 is 16.1 Å². The fourth-order valence-corrected chi connectivity index (χ4v) is 5.05. The predicted molar refractivity (Wildman–Crippen MR) is 137 cm³/mol. The van der Waals surface area contributed by atoms with Gasteiger partial charge in [0.15, 0.2) is 11.5 Å². The van der Waals surface area contributed by atoms with E-state index in [2.05, 4.69) is 15.9 Å². The second-order valence-corrected chi connectivity index (χ2v) is 9.94. The normalized spacial score (nSPS) is 16.7. The second kappa shape index (κ2) is 11.1. The minimum absolute atomic E-state index is 0.00625. The van der Waals surface area contributed by atoms with Crippen molar-refractivity contribution < 1.29 is 28.8 Å². The first-order valence-corrected chi connectivity index (χ1v) is 12.6. The van der Waals surface area contributed by atoms with E-state index in [1.165, 1.54) is 19.2 Å². The van der Waals surface area contributed by atoms with Gasteiger partial charge in [-0.25, -0.2) is 0 Å². The quantitative estimate of drug-likeness (QED) is 0.254. The summed E-state index contributed by atoms with van der Waals surface area (Å²) < 4.78 is 11.9. The van der Waals surface area contributed by atoms with Crippen LogP contribution in [0.1, 0.15) is 24.0 Å². The molecule has 0 saturated carbocycles. The highest BCUT2D eigenvalue weighted by atomic mass is 79.9. The van der Waals surface area contributed by atoms with E-state index in [0.29, 0.717) is 34.6 Å². The number of non-ortho nitro benzene ring substituents is 1. The number of amides is 3. The Morgan fingerprint density at radius 3 is 2.50 bits per heavy atom. The van der Waals surface area contributed by atoms with Gasteiger partial charge in [0.2, 0.25) is 5.91 Å². The summed E-state index contributed by atoms with van der Waals surface area (Å²) in [6, 6.07) is 9.37. The maximum Gasteiger partial charge on any atom is 0.294 e. The average Bonchev–Trinajstić information content (AvgIpc) is 3.49. The lowest BCUT2D eigenvalue weighted by Gasteiger charge is -2.18. The predicted octanol–water partition coefficient (Wildman–Crippen LogP) is 4.60. The monoisotopic (exact) mass is 575 g/mol. The van der Waals surface area contributed by atoms with Crippen LogP contribution in [0.25, 0.3) is 6.08 Å². The number of carbonyl (C=O) groups excluding carboxylic acids is 3. The molecule has 0 unspecified atom stereocenters. The molecule has 2 heterocycles. The molecule has 188 valence electrons. The Bertz CT molecular complexity index is 1240. The molecule has 36 heavy (non-hydrogen) atoms. The number of imide groups is 1. The van der Waals surface area contributed by atoms with Crippen molar-refractivity contribution in [3.63, 3.8) is 0 Å². The van der Waals surface area contributed by atoms with Crippen LogP contribution in [-0.2, 0) is 16.2 Å². The first kappa shape index (κ1) is 25.7. The van der Waals surface area contributed by atoms with Crippen molar-refractivity contribution >= 4 is 56.5 Å². The van der Waals surface area contributed by atoms with Crippen LogP contribution in [0, 0.1) is 10.1 Å². The van der Waals surface area contributed by atoms with Crippen molar-refractivity contribution in [3.8, 4) is 11.5 Å². The molecule has 0 atom stereocenters. The van der Waals surface area contributed by atoms with Crippen LogP contribution in [0.5, 0.6) is 11.5 Å². The molecule has 0 aliphatic carbocycles. The van der Waals surface area contributed by atoms with Crippen molar-refractivity contribution in [2.24, 2.45) is 0 Å².